The molecule has 21 heavy (non-hydrogen) atoms. The number of benzene rings is 2. The van der Waals surface area contributed by atoms with Crippen LogP contribution in [0, 0.1) is 0 Å². The first kappa shape index (κ1) is 15.8. The van der Waals surface area contributed by atoms with Crippen molar-refractivity contribution >= 4 is 21.6 Å². The normalized spacial score (nSPS) is 14.0. The van der Waals surface area contributed by atoms with Gasteiger partial charge in [0.05, 0.1) is 0 Å². The molecule has 110 valence electrons. The second kappa shape index (κ2) is 6.43. The molecule has 0 saturated carbocycles. The second-order valence-electron chi connectivity index (χ2n) is 4.58. The molecule has 5 heteroatoms. The second-order valence-corrected chi connectivity index (χ2v) is 5.49. The maximum atomic E-state index is 13.3. The first-order chi connectivity index (χ1) is 9.88. The van der Waals surface area contributed by atoms with E-state index in [9.17, 15) is 13.2 Å². The van der Waals surface area contributed by atoms with Crippen molar-refractivity contribution in [2.45, 2.75) is 19.1 Å². The molecular formula is C16H13BrF3N. The van der Waals surface area contributed by atoms with Crippen molar-refractivity contribution in [2.24, 2.45) is 4.99 Å². The summed E-state index contributed by atoms with van der Waals surface area (Å²) in [4.78, 5) is 3.89. The summed E-state index contributed by atoms with van der Waals surface area (Å²) >= 11 is 3.22. The van der Waals surface area contributed by atoms with Gasteiger partial charge in [-0.05, 0) is 30.2 Å². The Morgan fingerprint density at radius 1 is 1.00 bits per heavy atom. The third-order valence-electron chi connectivity index (χ3n) is 3.01. The van der Waals surface area contributed by atoms with Crippen molar-refractivity contribution in [3.8, 4) is 0 Å². The zero-order chi connectivity index (χ0) is 15.5. The van der Waals surface area contributed by atoms with Gasteiger partial charge in [0.2, 0.25) is 0 Å². The van der Waals surface area contributed by atoms with E-state index in [1.807, 2.05) is 6.07 Å². The number of hydrogen-bond donors (Lipinski definition) is 0. The van der Waals surface area contributed by atoms with Gasteiger partial charge in [0.15, 0.2) is 6.04 Å². The Balaban J connectivity index is 2.40. The monoisotopic (exact) mass is 355 g/mol. The molecular weight excluding hydrogens is 343 g/mol. The van der Waals surface area contributed by atoms with Gasteiger partial charge in [-0.3, -0.25) is 4.99 Å². The van der Waals surface area contributed by atoms with Crippen molar-refractivity contribution in [3.05, 3.63) is 70.2 Å². The molecule has 0 radical (unpaired) electrons. The summed E-state index contributed by atoms with van der Waals surface area (Å²) in [5.41, 5.74) is 1.17. The topological polar surface area (TPSA) is 12.4 Å². The Morgan fingerprint density at radius 2 is 1.57 bits per heavy atom. The van der Waals surface area contributed by atoms with Gasteiger partial charge in [-0.25, -0.2) is 0 Å². The lowest BCUT2D eigenvalue weighted by Crippen LogP contribution is -2.20. The molecule has 1 nitrogen and oxygen atoms in total. The van der Waals surface area contributed by atoms with E-state index >= 15 is 0 Å². The van der Waals surface area contributed by atoms with Crippen LogP contribution in [0.2, 0.25) is 0 Å². The molecule has 2 rings (SSSR count). The molecule has 0 spiro atoms. The molecule has 2 aromatic rings. The van der Waals surface area contributed by atoms with Crippen LogP contribution < -0.4 is 0 Å². The smallest absolute Gasteiger partial charge is 0.272 e. The molecule has 0 aromatic heterocycles. The van der Waals surface area contributed by atoms with Crippen LogP contribution in [-0.2, 0) is 0 Å². The van der Waals surface area contributed by atoms with Crippen LogP contribution in [0.1, 0.15) is 24.1 Å². The number of alkyl halides is 3. The highest BCUT2D eigenvalue weighted by atomic mass is 79.9. The van der Waals surface area contributed by atoms with Gasteiger partial charge in [-0.1, -0.05) is 58.4 Å². The zero-order valence-electron chi connectivity index (χ0n) is 11.2. The third-order valence-corrected chi connectivity index (χ3v) is 3.54. The molecule has 0 bridgehead atoms. The molecule has 0 heterocycles. The molecule has 0 amide bonds. The highest BCUT2D eigenvalue weighted by molar-refractivity contribution is 9.10. The maximum Gasteiger partial charge on any atom is 0.414 e. The summed E-state index contributed by atoms with van der Waals surface area (Å²) in [6.45, 7) is 1.59. The molecule has 0 saturated heterocycles. The van der Waals surface area contributed by atoms with Crippen LogP contribution in [0.15, 0.2) is 64.1 Å². The molecule has 2 aromatic carbocycles. The molecule has 1 atom stereocenters. The quantitative estimate of drug-likeness (QED) is 0.639. The number of aliphatic imine (C=N–C) groups is 1. The Labute approximate surface area is 129 Å². The minimum atomic E-state index is -4.43. The summed E-state index contributed by atoms with van der Waals surface area (Å²) < 4.78 is 40.5. The lowest BCUT2D eigenvalue weighted by molar-refractivity contribution is -0.148. The SMILES string of the molecule is CC(=N[C@@H](c1ccc(Br)cc1)C(F)(F)F)c1ccccc1. The first-order valence-corrected chi connectivity index (χ1v) is 7.09. The van der Waals surface area contributed by atoms with Gasteiger partial charge >= 0.3 is 6.18 Å². The molecule has 0 aliphatic rings. The van der Waals surface area contributed by atoms with Crippen molar-refractivity contribution in [3.63, 3.8) is 0 Å². The number of hydrogen-bond acceptors (Lipinski definition) is 1. The van der Waals surface area contributed by atoms with E-state index in [0.717, 1.165) is 4.47 Å². The van der Waals surface area contributed by atoms with E-state index in [0.29, 0.717) is 11.3 Å². The van der Waals surface area contributed by atoms with Gasteiger partial charge in [0.25, 0.3) is 0 Å². The fourth-order valence-corrected chi connectivity index (χ4v) is 2.19. The average Bonchev–Trinajstić information content (AvgIpc) is 2.45. The van der Waals surface area contributed by atoms with Crippen LogP contribution in [0.25, 0.3) is 0 Å². The Bertz CT molecular complexity index is 618. The summed E-state index contributed by atoms with van der Waals surface area (Å²) in [7, 11) is 0. The van der Waals surface area contributed by atoms with Crippen molar-refractivity contribution in [2.75, 3.05) is 0 Å². The van der Waals surface area contributed by atoms with E-state index < -0.39 is 12.2 Å². The van der Waals surface area contributed by atoms with E-state index in [1.54, 1.807) is 43.3 Å². The highest BCUT2D eigenvalue weighted by Crippen LogP contribution is 2.36. The molecule has 0 unspecified atom stereocenters. The lowest BCUT2D eigenvalue weighted by atomic mass is 10.1. The van der Waals surface area contributed by atoms with Gasteiger partial charge in [0.1, 0.15) is 0 Å². The standard InChI is InChI=1S/C16H13BrF3N/c1-11(12-5-3-2-4-6-12)21-15(16(18,19)20)13-7-9-14(17)10-8-13/h2-10,15H,1H3/t15-/m0/s1. The van der Waals surface area contributed by atoms with Crippen LogP contribution in [0.3, 0.4) is 0 Å². The molecule has 0 aliphatic carbocycles. The van der Waals surface area contributed by atoms with E-state index in [2.05, 4.69) is 20.9 Å². The van der Waals surface area contributed by atoms with Crippen molar-refractivity contribution < 1.29 is 13.2 Å². The zero-order valence-corrected chi connectivity index (χ0v) is 12.8. The number of rotatable bonds is 3. The lowest BCUT2D eigenvalue weighted by Gasteiger charge is -2.18. The summed E-state index contributed by atoms with van der Waals surface area (Å²) in [5, 5.41) is 0. The minimum Gasteiger partial charge on any atom is -0.272 e. The molecule has 0 aliphatic heterocycles. The van der Waals surface area contributed by atoms with E-state index in [4.69, 9.17) is 0 Å². The summed E-state index contributed by atoms with van der Waals surface area (Å²) in [6, 6.07) is 13.0. The Morgan fingerprint density at radius 3 is 2.10 bits per heavy atom. The summed E-state index contributed by atoms with van der Waals surface area (Å²) in [5.74, 6) is 0. The van der Waals surface area contributed by atoms with Crippen LogP contribution in [-0.4, -0.2) is 11.9 Å². The minimum absolute atomic E-state index is 0.126. The van der Waals surface area contributed by atoms with Crippen molar-refractivity contribution in [1.82, 2.24) is 0 Å². The third kappa shape index (κ3) is 4.17. The predicted octanol–water partition coefficient (Wildman–Crippen LogP) is 5.56. The van der Waals surface area contributed by atoms with Crippen LogP contribution in [0.5, 0.6) is 0 Å². The number of nitrogens with zero attached hydrogens (tertiary/aromatic N) is 1. The van der Waals surface area contributed by atoms with E-state index in [-0.39, 0.29) is 5.56 Å². The average molecular weight is 356 g/mol. The molecule has 0 fully saturated rings. The van der Waals surface area contributed by atoms with Gasteiger partial charge < -0.3 is 0 Å². The highest BCUT2D eigenvalue weighted by Gasteiger charge is 2.40. The fraction of sp³-hybridized carbons (Fsp3) is 0.188. The van der Waals surface area contributed by atoms with Gasteiger partial charge in [0, 0.05) is 10.2 Å². The fourth-order valence-electron chi connectivity index (χ4n) is 1.93. The van der Waals surface area contributed by atoms with Crippen molar-refractivity contribution in [1.29, 1.82) is 0 Å². The van der Waals surface area contributed by atoms with Crippen LogP contribution >= 0.6 is 15.9 Å². The van der Waals surface area contributed by atoms with Crippen LogP contribution in [0.4, 0.5) is 13.2 Å². The molecule has 0 N–H and O–H groups in total. The first-order valence-electron chi connectivity index (χ1n) is 6.30. The largest absolute Gasteiger partial charge is 0.414 e. The predicted molar refractivity (Wildman–Crippen MR) is 81.6 cm³/mol. The maximum absolute atomic E-state index is 13.3. The Kier molecular flexibility index (Phi) is 4.83. The van der Waals surface area contributed by atoms with Gasteiger partial charge in [-0.15, -0.1) is 0 Å². The Hall–Kier alpha value is -1.62. The summed E-state index contributed by atoms with van der Waals surface area (Å²) in [6.07, 6.45) is -4.43. The number of halogens is 4. The van der Waals surface area contributed by atoms with E-state index in [1.165, 1.54) is 12.1 Å². The van der Waals surface area contributed by atoms with Gasteiger partial charge in [-0.2, -0.15) is 13.2 Å².